The third-order valence-electron chi connectivity index (χ3n) is 5.73. The van der Waals surface area contributed by atoms with Crippen molar-refractivity contribution in [2.75, 3.05) is 14.2 Å². The van der Waals surface area contributed by atoms with Crippen LogP contribution >= 0.6 is 0 Å². The van der Waals surface area contributed by atoms with Crippen LogP contribution in [0.5, 0.6) is 0 Å². The molecular formula is C21H38O5. The van der Waals surface area contributed by atoms with Crippen molar-refractivity contribution >= 4 is 17.7 Å². The van der Waals surface area contributed by atoms with Crippen LogP contribution in [0.15, 0.2) is 0 Å². The number of Topliss-reactive ketones (excluding diaryl/α,β-unsaturated/α-hetero) is 1. The van der Waals surface area contributed by atoms with Crippen LogP contribution < -0.4 is 0 Å². The first-order chi connectivity index (χ1) is 12.1. The molecule has 2 unspecified atom stereocenters. The number of rotatable bonds is 12. The van der Waals surface area contributed by atoms with Gasteiger partial charge >= 0.3 is 11.9 Å². The summed E-state index contributed by atoms with van der Waals surface area (Å²) in [5.74, 6) is -1.99. The Labute approximate surface area is 159 Å². The fourth-order valence-corrected chi connectivity index (χ4v) is 3.86. The van der Waals surface area contributed by atoms with Crippen molar-refractivity contribution in [1.82, 2.24) is 0 Å². The second kappa shape index (κ2) is 10.7. The molecule has 0 bridgehead atoms. The molecule has 0 saturated carbocycles. The molecule has 0 amide bonds. The molecule has 0 aromatic carbocycles. The van der Waals surface area contributed by atoms with E-state index in [1.165, 1.54) is 14.2 Å². The summed E-state index contributed by atoms with van der Waals surface area (Å²) in [6.45, 7) is 11.4. The predicted molar refractivity (Wildman–Crippen MR) is 103 cm³/mol. The minimum Gasteiger partial charge on any atom is -0.468 e. The lowest BCUT2D eigenvalue weighted by Gasteiger charge is -2.43. The molecule has 5 nitrogen and oxygen atoms in total. The number of hydrogen-bond acceptors (Lipinski definition) is 5. The quantitative estimate of drug-likeness (QED) is 0.372. The van der Waals surface area contributed by atoms with Gasteiger partial charge in [-0.2, -0.15) is 0 Å². The van der Waals surface area contributed by atoms with Crippen LogP contribution in [0.3, 0.4) is 0 Å². The van der Waals surface area contributed by atoms with Crippen LogP contribution in [0.4, 0.5) is 0 Å². The van der Waals surface area contributed by atoms with Crippen molar-refractivity contribution in [2.24, 2.45) is 22.7 Å². The molecule has 2 atom stereocenters. The monoisotopic (exact) mass is 370 g/mol. The summed E-state index contributed by atoms with van der Waals surface area (Å²) in [6, 6.07) is 0. The zero-order chi connectivity index (χ0) is 20.5. The largest absolute Gasteiger partial charge is 0.468 e. The molecule has 0 aromatic rings. The van der Waals surface area contributed by atoms with Crippen LogP contribution in [0, 0.1) is 22.7 Å². The lowest BCUT2D eigenvalue weighted by molar-refractivity contribution is -0.175. The highest BCUT2D eigenvalue weighted by Crippen LogP contribution is 2.47. The maximum Gasteiger partial charge on any atom is 0.319 e. The summed E-state index contributed by atoms with van der Waals surface area (Å²) in [6.07, 6.45) is 3.88. The first-order valence-electron chi connectivity index (χ1n) is 9.85. The van der Waals surface area contributed by atoms with E-state index in [0.717, 1.165) is 12.8 Å². The Bertz CT molecular complexity index is 441. The molecule has 0 radical (unpaired) electrons. The van der Waals surface area contributed by atoms with E-state index in [4.69, 9.17) is 9.47 Å². The lowest BCUT2D eigenvalue weighted by Crippen LogP contribution is -2.57. The van der Waals surface area contributed by atoms with E-state index in [2.05, 4.69) is 0 Å². The molecule has 0 aliphatic rings. The highest BCUT2D eigenvalue weighted by atomic mass is 16.5. The smallest absolute Gasteiger partial charge is 0.319 e. The minimum absolute atomic E-state index is 0.279. The molecule has 0 spiro atoms. The highest BCUT2D eigenvalue weighted by Gasteiger charge is 2.61. The molecule has 0 fully saturated rings. The van der Waals surface area contributed by atoms with Crippen LogP contribution in [-0.4, -0.2) is 31.9 Å². The average Bonchev–Trinajstić information content (AvgIpc) is 2.61. The van der Waals surface area contributed by atoms with Gasteiger partial charge in [0.05, 0.1) is 14.2 Å². The lowest BCUT2D eigenvalue weighted by atomic mass is 9.57. The molecule has 0 aromatic heterocycles. The summed E-state index contributed by atoms with van der Waals surface area (Å²) in [7, 11) is 2.61. The van der Waals surface area contributed by atoms with E-state index in [1.807, 2.05) is 41.5 Å². The van der Waals surface area contributed by atoms with E-state index < -0.39 is 22.8 Å². The van der Waals surface area contributed by atoms with Gasteiger partial charge in [-0.3, -0.25) is 14.4 Å². The first kappa shape index (κ1) is 24.6. The van der Waals surface area contributed by atoms with Crippen molar-refractivity contribution in [1.29, 1.82) is 0 Å². The summed E-state index contributed by atoms with van der Waals surface area (Å²) < 4.78 is 10.2. The second-order valence-electron chi connectivity index (χ2n) is 7.77. The molecule has 0 rings (SSSR count). The molecule has 0 N–H and O–H groups in total. The summed E-state index contributed by atoms with van der Waals surface area (Å²) in [5.41, 5.74) is -2.67. The van der Waals surface area contributed by atoms with E-state index in [0.29, 0.717) is 25.7 Å². The van der Waals surface area contributed by atoms with Crippen molar-refractivity contribution in [2.45, 2.75) is 80.1 Å². The van der Waals surface area contributed by atoms with Crippen LogP contribution in [0.25, 0.3) is 0 Å². The zero-order valence-corrected chi connectivity index (χ0v) is 17.9. The molecule has 152 valence electrons. The molecule has 0 heterocycles. The molecule has 0 aliphatic carbocycles. The number of carbonyl (C=O) groups excluding carboxylic acids is 3. The van der Waals surface area contributed by atoms with Gasteiger partial charge < -0.3 is 9.47 Å². The van der Waals surface area contributed by atoms with Gasteiger partial charge in [-0.05, 0) is 24.7 Å². The Kier molecular flexibility index (Phi) is 10.1. The number of esters is 2. The third-order valence-corrected chi connectivity index (χ3v) is 5.73. The SMILES string of the molecule is CCCCC(C(=O)OC)(C(=O)C(CCCC)(C(=O)OC)C(C)C)C(C)C. The topological polar surface area (TPSA) is 69.7 Å². The Hall–Kier alpha value is -1.39. The van der Waals surface area contributed by atoms with Gasteiger partial charge in [0, 0.05) is 0 Å². The van der Waals surface area contributed by atoms with Gasteiger partial charge in [0.1, 0.15) is 10.8 Å². The number of hydrogen-bond donors (Lipinski definition) is 0. The molecule has 26 heavy (non-hydrogen) atoms. The van der Waals surface area contributed by atoms with Crippen molar-refractivity contribution in [3.05, 3.63) is 0 Å². The molecule has 0 saturated heterocycles. The number of ketones is 1. The Morgan fingerprint density at radius 1 is 0.731 bits per heavy atom. The van der Waals surface area contributed by atoms with E-state index in [-0.39, 0.29) is 17.6 Å². The van der Waals surface area contributed by atoms with E-state index >= 15 is 0 Å². The van der Waals surface area contributed by atoms with E-state index in [1.54, 1.807) is 0 Å². The number of methoxy groups -OCH3 is 2. The first-order valence-corrected chi connectivity index (χ1v) is 9.85. The number of unbranched alkanes of at least 4 members (excludes halogenated alkanes) is 2. The van der Waals surface area contributed by atoms with Gasteiger partial charge in [0.2, 0.25) is 0 Å². The van der Waals surface area contributed by atoms with Gasteiger partial charge in [-0.1, -0.05) is 67.2 Å². The predicted octanol–water partition coefficient (Wildman–Crippen LogP) is 4.57. The molecular weight excluding hydrogens is 332 g/mol. The van der Waals surface area contributed by atoms with Crippen LogP contribution in [-0.2, 0) is 23.9 Å². The fraction of sp³-hybridized carbons (Fsp3) is 0.857. The Morgan fingerprint density at radius 2 is 1.04 bits per heavy atom. The van der Waals surface area contributed by atoms with Crippen molar-refractivity contribution in [3.63, 3.8) is 0 Å². The van der Waals surface area contributed by atoms with Crippen LogP contribution in [0.2, 0.25) is 0 Å². The molecule has 5 heteroatoms. The minimum atomic E-state index is -1.34. The second-order valence-corrected chi connectivity index (χ2v) is 7.77. The number of carbonyl (C=O) groups is 3. The zero-order valence-electron chi connectivity index (χ0n) is 17.9. The summed E-state index contributed by atoms with van der Waals surface area (Å²) in [4.78, 5) is 39.7. The van der Waals surface area contributed by atoms with Crippen molar-refractivity contribution < 1.29 is 23.9 Å². The van der Waals surface area contributed by atoms with E-state index in [9.17, 15) is 14.4 Å². The Morgan fingerprint density at radius 3 is 1.23 bits per heavy atom. The Balaban J connectivity index is 6.59. The van der Waals surface area contributed by atoms with Crippen LogP contribution in [0.1, 0.15) is 80.1 Å². The van der Waals surface area contributed by atoms with Gasteiger partial charge in [-0.15, -0.1) is 0 Å². The maximum atomic E-state index is 14.0. The third kappa shape index (κ3) is 4.47. The van der Waals surface area contributed by atoms with Gasteiger partial charge in [-0.25, -0.2) is 0 Å². The molecule has 0 aliphatic heterocycles. The van der Waals surface area contributed by atoms with Gasteiger partial charge in [0.15, 0.2) is 5.78 Å². The van der Waals surface area contributed by atoms with Crippen molar-refractivity contribution in [3.8, 4) is 0 Å². The number of ether oxygens (including phenoxy) is 2. The normalized spacial score (nSPS) is 16.1. The highest BCUT2D eigenvalue weighted by molar-refractivity contribution is 6.15. The average molecular weight is 371 g/mol. The maximum absolute atomic E-state index is 14.0. The summed E-state index contributed by atoms with van der Waals surface area (Å²) in [5, 5.41) is 0. The van der Waals surface area contributed by atoms with Gasteiger partial charge in [0.25, 0.3) is 0 Å². The fourth-order valence-electron chi connectivity index (χ4n) is 3.86. The standard InChI is InChI=1S/C21H38O5/c1-9-11-13-20(15(3)4,18(23)25-7)17(22)21(16(5)6,14-12-10-2)19(24)26-8/h15-16H,9-14H2,1-8H3. The summed E-state index contributed by atoms with van der Waals surface area (Å²) >= 11 is 0.